The molecule has 1 aromatic rings. The molecule has 0 aliphatic heterocycles. The van der Waals surface area contributed by atoms with E-state index in [2.05, 4.69) is 15.9 Å². The Morgan fingerprint density at radius 3 is 2.92 bits per heavy atom. The highest BCUT2D eigenvalue weighted by Crippen LogP contribution is 2.26. The maximum atomic E-state index is 13.0. The molecule has 1 aromatic carbocycles. The van der Waals surface area contributed by atoms with E-state index in [-0.39, 0.29) is 12.2 Å². The molecule has 0 bridgehead atoms. The van der Waals surface area contributed by atoms with Gasteiger partial charge in [0.1, 0.15) is 5.82 Å². The number of halogens is 2. The van der Waals surface area contributed by atoms with Crippen LogP contribution in [0.15, 0.2) is 22.7 Å². The highest BCUT2D eigenvalue weighted by atomic mass is 79.9. The van der Waals surface area contributed by atoms with Crippen molar-refractivity contribution in [3.8, 4) is 6.07 Å². The SMILES string of the molecule is N#CC[C@@H](N)c1cccc(F)c1Br. The van der Waals surface area contributed by atoms with E-state index in [1.807, 2.05) is 6.07 Å². The van der Waals surface area contributed by atoms with E-state index in [1.54, 1.807) is 12.1 Å². The van der Waals surface area contributed by atoms with E-state index in [4.69, 9.17) is 11.0 Å². The van der Waals surface area contributed by atoms with Gasteiger partial charge in [-0.25, -0.2) is 4.39 Å². The van der Waals surface area contributed by atoms with Crippen molar-refractivity contribution in [3.05, 3.63) is 34.1 Å². The molecule has 13 heavy (non-hydrogen) atoms. The molecule has 1 atom stereocenters. The summed E-state index contributed by atoms with van der Waals surface area (Å²) >= 11 is 3.09. The average Bonchev–Trinajstić information content (AvgIpc) is 2.10. The molecule has 4 heteroatoms. The number of hydrogen-bond donors (Lipinski definition) is 1. The molecule has 0 aromatic heterocycles. The minimum Gasteiger partial charge on any atom is -0.323 e. The molecule has 0 amide bonds. The van der Waals surface area contributed by atoms with E-state index < -0.39 is 6.04 Å². The van der Waals surface area contributed by atoms with Crippen LogP contribution in [-0.4, -0.2) is 0 Å². The molecule has 0 saturated heterocycles. The second-order valence-electron chi connectivity index (χ2n) is 2.61. The molecule has 0 heterocycles. The fraction of sp³-hybridized carbons (Fsp3) is 0.222. The zero-order chi connectivity index (χ0) is 9.84. The number of rotatable bonds is 2. The van der Waals surface area contributed by atoms with E-state index in [0.29, 0.717) is 10.0 Å². The summed E-state index contributed by atoms with van der Waals surface area (Å²) in [4.78, 5) is 0. The van der Waals surface area contributed by atoms with Crippen LogP contribution < -0.4 is 5.73 Å². The molecule has 0 fully saturated rings. The summed E-state index contributed by atoms with van der Waals surface area (Å²) in [5.74, 6) is -0.356. The van der Waals surface area contributed by atoms with Gasteiger partial charge < -0.3 is 5.73 Å². The minimum absolute atomic E-state index is 0.183. The number of nitriles is 1. The molecule has 0 radical (unpaired) electrons. The molecular weight excluding hydrogens is 235 g/mol. The van der Waals surface area contributed by atoms with Gasteiger partial charge in [0.05, 0.1) is 17.0 Å². The van der Waals surface area contributed by atoms with Crippen molar-refractivity contribution in [3.63, 3.8) is 0 Å². The van der Waals surface area contributed by atoms with Gasteiger partial charge in [0, 0.05) is 6.04 Å². The molecule has 2 nitrogen and oxygen atoms in total. The summed E-state index contributed by atoms with van der Waals surface area (Å²) in [6, 6.07) is 6.13. The predicted octanol–water partition coefficient (Wildman–Crippen LogP) is 2.50. The third-order valence-electron chi connectivity index (χ3n) is 1.69. The lowest BCUT2D eigenvalue weighted by molar-refractivity contribution is 0.612. The highest BCUT2D eigenvalue weighted by molar-refractivity contribution is 9.10. The van der Waals surface area contributed by atoms with E-state index in [0.717, 1.165) is 0 Å². The Balaban J connectivity index is 3.02. The van der Waals surface area contributed by atoms with Crippen LogP contribution in [-0.2, 0) is 0 Å². The Morgan fingerprint density at radius 2 is 2.31 bits per heavy atom. The number of nitrogens with two attached hydrogens (primary N) is 1. The van der Waals surface area contributed by atoms with Gasteiger partial charge in [-0.05, 0) is 27.6 Å². The van der Waals surface area contributed by atoms with Gasteiger partial charge in [-0.2, -0.15) is 5.26 Å². The van der Waals surface area contributed by atoms with Crippen LogP contribution in [0.1, 0.15) is 18.0 Å². The Morgan fingerprint density at radius 1 is 1.62 bits per heavy atom. The van der Waals surface area contributed by atoms with Crippen molar-refractivity contribution in [1.29, 1.82) is 5.26 Å². The first kappa shape index (κ1) is 10.2. The maximum Gasteiger partial charge on any atom is 0.137 e. The first-order chi connectivity index (χ1) is 6.16. The van der Waals surface area contributed by atoms with E-state index in [9.17, 15) is 4.39 Å². The summed E-state index contributed by atoms with van der Waals surface area (Å²) in [6.45, 7) is 0. The molecule has 0 aliphatic rings. The lowest BCUT2D eigenvalue weighted by atomic mass is 10.1. The number of benzene rings is 1. The second-order valence-corrected chi connectivity index (χ2v) is 3.40. The molecule has 68 valence electrons. The predicted molar refractivity (Wildman–Crippen MR) is 51.3 cm³/mol. The van der Waals surface area contributed by atoms with Crippen LogP contribution in [0.5, 0.6) is 0 Å². The van der Waals surface area contributed by atoms with Gasteiger partial charge in [0.15, 0.2) is 0 Å². The molecule has 0 saturated carbocycles. The Labute approximate surface area is 84.3 Å². The van der Waals surface area contributed by atoms with Crippen LogP contribution >= 0.6 is 15.9 Å². The van der Waals surface area contributed by atoms with Crippen molar-refractivity contribution in [2.24, 2.45) is 5.73 Å². The van der Waals surface area contributed by atoms with Crippen LogP contribution in [0.25, 0.3) is 0 Å². The normalized spacial score (nSPS) is 12.2. The van der Waals surface area contributed by atoms with Gasteiger partial charge >= 0.3 is 0 Å². The standard InChI is InChI=1S/C9H8BrFN2/c10-9-6(8(13)4-5-12)2-1-3-7(9)11/h1-3,8H,4,13H2/t8-/m1/s1. The summed E-state index contributed by atoms with van der Waals surface area (Å²) in [7, 11) is 0. The third-order valence-corrected chi connectivity index (χ3v) is 2.53. The zero-order valence-corrected chi connectivity index (χ0v) is 8.38. The minimum atomic E-state index is -0.435. The smallest absolute Gasteiger partial charge is 0.137 e. The first-order valence-corrected chi connectivity index (χ1v) is 4.52. The first-order valence-electron chi connectivity index (χ1n) is 3.73. The Kier molecular flexibility index (Phi) is 3.40. The Hall–Kier alpha value is -0.920. The van der Waals surface area contributed by atoms with Crippen molar-refractivity contribution in [1.82, 2.24) is 0 Å². The maximum absolute atomic E-state index is 13.0. The summed E-state index contributed by atoms with van der Waals surface area (Å²) in [5, 5.41) is 8.42. The largest absolute Gasteiger partial charge is 0.323 e. The average molecular weight is 243 g/mol. The van der Waals surface area contributed by atoms with Gasteiger partial charge in [0.2, 0.25) is 0 Å². The van der Waals surface area contributed by atoms with E-state index in [1.165, 1.54) is 6.07 Å². The van der Waals surface area contributed by atoms with Crippen molar-refractivity contribution in [2.45, 2.75) is 12.5 Å². The molecule has 0 spiro atoms. The highest BCUT2D eigenvalue weighted by Gasteiger charge is 2.11. The molecule has 2 N–H and O–H groups in total. The monoisotopic (exact) mass is 242 g/mol. The van der Waals surface area contributed by atoms with Crippen LogP contribution in [0.2, 0.25) is 0 Å². The number of nitrogens with zero attached hydrogens (tertiary/aromatic N) is 1. The second kappa shape index (κ2) is 4.35. The summed E-state index contributed by atoms with van der Waals surface area (Å²) in [5.41, 5.74) is 6.28. The number of hydrogen-bond acceptors (Lipinski definition) is 2. The van der Waals surface area contributed by atoms with E-state index >= 15 is 0 Å². The quantitative estimate of drug-likeness (QED) is 0.867. The molecule has 0 unspecified atom stereocenters. The van der Waals surface area contributed by atoms with Gasteiger partial charge in [-0.1, -0.05) is 12.1 Å². The zero-order valence-electron chi connectivity index (χ0n) is 6.80. The van der Waals surface area contributed by atoms with Crippen LogP contribution in [0.4, 0.5) is 4.39 Å². The summed E-state index contributed by atoms with van der Waals surface area (Å²) < 4.78 is 13.3. The lowest BCUT2D eigenvalue weighted by Gasteiger charge is -2.10. The third kappa shape index (κ3) is 2.27. The van der Waals surface area contributed by atoms with Gasteiger partial charge in [0.25, 0.3) is 0 Å². The van der Waals surface area contributed by atoms with Gasteiger partial charge in [-0.15, -0.1) is 0 Å². The molecule has 1 rings (SSSR count). The lowest BCUT2D eigenvalue weighted by Crippen LogP contribution is -2.10. The van der Waals surface area contributed by atoms with Crippen molar-refractivity contribution < 1.29 is 4.39 Å². The molecule has 0 aliphatic carbocycles. The van der Waals surface area contributed by atoms with Crippen molar-refractivity contribution in [2.75, 3.05) is 0 Å². The van der Waals surface area contributed by atoms with Gasteiger partial charge in [-0.3, -0.25) is 0 Å². The fourth-order valence-electron chi connectivity index (χ4n) is 1.02. The summed E-state index contributed by atoms with van der Waals surface area (Å²) in [6.07, 6.45) is 0.183. The molecular formula is C9H8BrFN2. The topological polar surface area (TPSA) is 49.8 Å². The van der Waals surface area contributed by atoms with Crippen molar-refractivity contribution >= 4 is 15.9 Å². The van der Waals surface area contributed by atoms with Crippen LogP contribution in [0, 0.1) is 17.1 Å². The van der Waals surface area contributed by atoms with Crippen LogP contribution in [0.3, 0.4) is 0 Å². The Bertz CT molecular complexity index is 346. The fourth-order valence-corrected chi connectivity index (χ4v) is 1.57.